The Bertz CT molecular complexity index is 234. The lowest BCUT2D eigenvalue weighted by molar-refractivity contribution is -0.137. The molecule has 0 aliphatic rings. The zero-order valence-corrected chi connectivity index (χ0v) is 7.87. The van der Waals surface area contributed by atoms with Gasteiger partial charge in [-0.3, -0.25) is 9.32 Å². The Hall–Kier alpha value is -0.340. The number of aliphatic hydroxyl groups is 3. The van der Waals surface area contributed by atoms with Crippen LogP contribution in [0.4, 0.5) is 0 Å². The third-order valence-electron chi connectivity index (χ3n) is 1.26. The second-order valence-electron chi connectivity index (χ2n) is 2.42. The van der Waals surface area contributed by atoms with Crippen molar-refractivity contribution in [2.45, 2.75) is 12.2 Å². The SMILES string of the molecule is O=C(CO)[C@H](O)[C@@H](O)COP(=O)(O)O. The minimum absolute atomic E-state index is 0.906. The van der Waals surface area contributed by atoms with Crippen LogP contribution in [0.15, 0.2) is 0 Å². The summed E-state index contributed by atoms with van der Waals surface area (Å²) < 4.78 is 14.0. The number of aliphatic hydroxyl groups excluding tert-OH is 3. The molecule has 0 spiro atoms. The Morgan fingerprint density at radius 3 is 2.21 bits per heavy atom. The van der Waals surface area contributed by atoms with Gasteiger partial charge in [-0.05, 0) is 0 Å². The number of phosphoric ester groups is 1. The lowest BCUT2D eigenvalue weighted by Gasteiger charge is -2.15. The van der Waals surface area contributed by atoms with Crippen LogP contribution in [-0.4, -0.2) is 56.3 Å². The van der Waals surface area contributed by atoms with Gasteiger partial charge in [0.25, 0.3) is 0 Å². The molecule has 0 aliphatic carbocycles. The molecule has 0 aromatic rings. The highest BCUT2D eigenvalue weighted by atomic mass is 31.2. The summed E-state index contributed by atoms with van der Waals surface area (Å²) in [6, 6.07) is 0. The van der Waals surface area contributed by atoms with Crippen molar-refractivity contribution in [2.75, 3.05) is 13.2 Å². The van der Waals surface area contributed by atoms with E-state index in [-0.39, 0.29) is 0 Å². The largest absolute Gasteiger partial charge is 0.469 e. The lowest BCUT2D eigenvalue weighted by Crippen LogP contribution is -2.38. The molecular formula is C5H11O8P. The molecule has 0 fully saturated rings. The first kappa shape index (κ1) is 13.7. The monoisotopic (exact) mass is 230 g/mol. The summed E-state index contributed by atoms with van der Waals surface area (Å²) >= 11 is 0. The van der Waals surface area contributed by atoms with Crippen LogP contribution < -0.4 is 0 Å². The highest BCUT2D eigenvalue weighted by Gasteiger charge is 2.26. The lowest BCUT2D eigenvalue weighted by atomic mass is 10.1. The van der Waals surface area contributed by atoms with Crippen LogP contribution >= 0.6 is 7.82 Å². The zero-order valence-electron chi connectivity index (χ0n) is 6.98. The van der Waals surface area contributed by atoms with Crippen molar-refractivity contribution in [3.8, 4) is 0 Å². The normalized spacial score (nSPS) is 16.4. The summed E-state index contributed by atoms with van der Waals surface area (Å²) in [5.74, 6) is -1.06. The molecular weight excluding hydrogens is 219 g/mol. The van der Waals surface area contributed by atoms with Gasteiger partial charge in [-0.2, -0.15) is 0 Å². The number of phosphoric acid groups is 1. The average Bonchev–Trinajstić information content (AvgIpc) is 2.10. The molecule has 5 N–H and O–H groups in total. The summed E-state index contributed by atoms with van der Waals surface area (Å²) in [5, 5.41) is 26.1. The van der Waals surface area contributed by atoms with E-state index in [1.807, 2.05) is 0 Å². The third kappa shape index (κ3) is 5.40. The third-order valence-corrected chi connectivity index (χ3v) is 1.75. The van der Waals surface area contributed by atoms with E-state index in [4.69, 9.17) is 25.1 Å². The second kappa shape index (κ2) is 5.52. The van der Waals surface area contributed by atoms with Crippen LogP contribution in [0.5, 0.6) is 0 Å². The van der Waals surface area contributed by atoms with Crippen LogP contribution in [0.3, 0.4) is 0 Å². The van der Waals surface area contributed by atoms with Crippen LogP contribution in [0.1, 0.15) is 0 Å². The fourth-order valence-corrected chi connectivity index (χ4v) is 0.920. The van der Waals surface area contributed by atoms with Crippen molar-refractivity contribution in [1.82, 2.24) is 0 Å². The molecule has 0 bridgehead atoms. The van der Waals surface area contributed by atoms with E-state index in [1.165, 1.54) is 0 Å². The number of hydrogen-bond donors (Lipinski definition) is 5. The van der Waals surface area contributed by atoms with Gasteiger partial charge in [-0.25, -0.2) is 4.57 Å². The van der Waals surface area contributed by atoms with E-state index in [0.29, 0.717) is 0 Å². The molecule has 9 heteroatoms. The summed E-state index contributed by atoms with van der Waals surface area (Å²) in [5.41, 5.74) is 0. The minimum Gasteiger partial charge on any atom is -0.388 e. The van der Waals surface area contributed by atoms with Gasteiger partial charge in [0.1, 0.15) is 18.8 Å². The summed E-state index contributed by atoms with van der Waals surface area (Å²) in [4.78, 5) is 27.0. The van der Waals surface area contributed by atoms with E-state index < -0.39 is 39.0 Å². The van der Waals surface area contributed by atoms with Crippen molar-refractivity contribution in [3.05, 3.63) is 0 Å². The first-order valence-corrected chi connectivity index (χ1v) is 5.00. The smallest absolute Gasteiger partial charge is 0.388 e. The van der Waals surface area contributed by atoms with Crippen molar-refractivity contribution < 1.29 is 39.0 Å². The number of ketones is 1. The van der Waals surface area contributed by atoms with Crippen LogP contribution in [0.2, 0.25) is 0 Å². The van der Waals surface area contributed by atoms with Gasteiger partial charge < -0.3 is 25.1 Å². The summed E-state index contributed by atoms with van der Waals surface area (Å²) in [6.45, 7) is -1.88. The quantitative estimate of drug-likeness (QED) is 0.312. The molecule has 0 rings (SSSR count). The molecule has 8 nitrogen and oxygen atoms in total. The Kier molecular flexibility index (Phi) is 5.38. The average molecular weight is 230 g/mol. The maximum absolute atomic E-state index is 10.6. The molecule has 0 amide bonds. The molecule has 84 valence electrons. The highest BCUT2D eigenvalue weighted by Crippen LogP contribution is 2.35. The summed E-state index contributed by atoms with van der Waals surface area (Å²) in [6.07, 6.45) is -3.71. The van der Waals surface area contributed by atoms with Crippen molar-refractivity contribution in [3.63, 3.8) is 0 Å². The van der Waals surface area contributed by atoms with E-state index in [1.54, 1.807) is 0 Å². The first-order valence-electron chi connectivity index (χ1n) is 3.47. The van der Waals surface area contributed by atoms with Gasteiger partial charge in [-0.15, -0.1) is 0 Å². The Morgan fingerprint density at radius 1 is 1.36 bits per heavy atom. The highest BCUT2D eigenvalue weighted by molar-refractivity contribution is 7.46. The predicted octanol–water partition coefficient (Wildman–Crippen LogP) is -2.62. The number of carbonyl (C=O) groups is 1. The maximum atomic E-state index is 10.6. The van der Waals surface area contributed by atoms with Gasteiger partial charge in [0.15, 0.2) is 5.78 Å². The van der Waals surface area contributed by atoms with Crippen molar-refractivity contribution in [1.29, 1.82) is 0 Å². The van der Waals surface area contributed by atoms with E-state index in [2.05, 4.69) is 4.52 Å². The van der Waals surface area contributed by atoms with Crippen LogP contribution in [0.25, 0.3) is 0 Å². The maximum Gasteiger partial charge on any atom is 0.469 e. The number of hydrogen-bond acceptors (Lipinski definition) is 6. The molecule has 0 aliphatic heterocycles. The molecule has 0 radical (unpaired) electrons. The fraction of sp³-hybridized carbons (Fsp3) is 0.800. The van der Waals surface area contributed by atoms with E-state index in [9.17, 15) is 9.36 Å². The number of rotatable bonds is 6. The molecule has 0 heterocycles. The minimum atomic E-state index is -4.74. The van der Waals surface area contributed by atoms with Gasteiger partial charge in [0, 0.05) is 0 Å². The first-order chi connectivity index (χ1) is 6.28. The topological polar surface area (TPSA) is 145 Å². The van der Waals surface area contributed by atoms with Crippen molar-refractivity contribution in [2.24, 2.45) is 0 Å². The van der Waals surface area contributed by atoms with Gasteiger partial charge in [-0.1, -0.05) is 0 Å². The molecule has 0 saturated carbocycles. The second-order valence-corrected chi connectivity index (χ2v) is 3.66. The van der Waals surface area contributed by atoms with Crippen LogP contribution in [-0.2, 0) is 13.9 Å². The molecule has 14 heavy (non-hydrogen) atoms. The number of Topliss-reactive ketones (excluding diaryl/α,β-unsaturated/α-hetero) is 1. The van der Waals surface area contributed by atoms with Gasteiger partial charge in [0.05, 0.1) is 6.61 Å². The summed E-state index contributed by atoms with van der Waals surface area (Å²) in [7, 11) is -4.74. The van der Waals surface area contributed by atoms with Crippen LogP contribution in [0, 0.1) is 0 Å². The van der Waals surface area contributed by atoms with E-state index >= 15 is 0 Å². The Morgan fingerprint density at radius 2 is 1.86 bits per heavy atom. The number of carbonyl (C=O) groups excluding carboxylic acids is 1. The fourth-order valence-electron chi connectivity index (χ4n) is 0.573. The molecule has 0 unspecified atom stereocenters. The molecule has 0 saturated heterocycles. The molecule has 2 atom stereocenters. The zero-order chi connectivity index (χ0) is 11.4. The molecule has 0 aromatic heterocycles. The Labute approximate surface area is 79.0 Å². The standard InChI is InChI=1S/C5H11O8P/c6-1-3(7)5(9)4(8)2-13-14(10,11)12/h4-6,8-9H,1-2H2,(H2,10,11,12)/t4-,5-/m0/s1. The van der Waals surface area contributed by atoms with Crippen molar-refractivity contribution >= 4 is 13.6 Å². The van der Waals surface area contributed by atoms with Gasteiger partial charge in [0.2, 0.25) is 0 Å². The van der Waals surface area contributed by atoms with Gasteiger partial charge >= 0.3 is 7.82 Å². The molecule has 0 aromatic carbocycles. The predicted molar refractivity (Wildman–Crippen MR) is 42.1 cm³/mol. The van der Waals surface area contributed by atoms with E-state index in [0.717, 1.165) is 0 Å². The Balaban J connectivity index is 4.02.